The predicted molar refractivity (Wildman–Crippen MR) is 143 cm³/mol. The molecule has 3 N–H and O–H groups in total. The molecule has 0 atom stereocenters. The maximum absolute atomic E-state index is 14.4. The van der Waals surface area contributed by atoms with E-state index in [2.05, 4.69) is 0 Å². The molecule has 0 aliphatic heterocycles. The maximum Gasteiger partial charge on any atom is 0.415 e. The highest BCUT2D eigenvalue weighted by atomic mass is 35.5. The number of hydrogen-bond donors (Lipinski definition) is 2. The molecule has 196 valence electrons. The molecule has 0 unspecified atom stereocenters. The number of aromatic carboxylic acids is 1. The average Bonchev–Trinajstić information content (AvgIpc) is 3.12. The molecule has 0 radical (unpaired) electrons. The van der Waals surface area contributed by atoms with Gasteiger partial charge < -0.3 is 20.5 Å². The van der Waals surface area contributed by atoms with Gasteiger partial charge in [-0.15, -0.1) is 36.2 Å². The van der Waals surface area contributed by atoms with Crippen molar-refractivity contribution in [2.24, 2.45) is 0 Å². The van der Waals surface area contributed by atoms with Crippen LogP contribution < -0.4 is 10.6 Å². The number of nitrogens with zero attached hydrogens (tertiary/aromatic N) is 2. The first kappa shape index (κ1) is 31.1. The Morgan fingerprint density at radius 1 is 1.00 bits per heavy atom. The summed E-state index contributed by atoms with van der Waals surface area (Å²) in [5.41, 5.74) is 7.00. The third-order valence-corrected chi connectivity index (χ3v) is 6.26. The van der Waals surface area contributed by atoms with E-state index in [-0.39, 0.29) is 54.1 Å². The molecule has 2 aromatic carbocycles. The van der Waals surface area contributed by atoms with Crippen molar-refractivity contribution >= 4 is 58.9 Å². The topological polar surface area (TPSA) is 96.1 Å². The average molecular weight is 562 g/mol. The van der Waals surface area contributed by atoms with E-state index in [0.29, 0.717) is 21.7 Å². The summed E-state index contributed by atoms with van der Waals surface area (Å²) in [6.45, 7) is 1.30. The molecule has 0 aliphatic carbocycles. The van der Waals surface area contributed by atoms with Crippen molar-refractivity contribution in [2.75, 3.05) is 31.3 Å². The first-order chi connectivity index (χ1) is 16.1. The van der Waals surface area contributed by atoms with Gasteiger partial charge in [0.25, 0.3) is 0 Å². The molecule has 0 aliphatic rings. The number of thiophene rings is 1. The van der Waals surface area contributed by atoms with Crippen LogP contribution in [0.3, 0.4) is 0 Å². The molecule has 3 aromatic rings. The summed E-state index contributed by atoms with van der Waals surface area (Å²) in [5, 5.41) is 10.2. The van der Waals surface area contributed by atoms with Gasteiger partial charge in [-0.3, -0.25) is 4.90 Å². The van der Waals surface area contributed by atoms with Crippen molar-refractivity contribution in [3.05, 3.63) is 70.8 Å². The molecule has 0 spiro atoms. The lowest BCUT2D eigenvalue weighted by Crippen LogP contribution is -2.32. The van der Waals surface area contributed by atoms with Crippen LogP contribution in [0.4, 0.5) is 24.3 Å². The second-order valence-corrected chi connectivity index (χ2v) is 8.74. The first-order valence-corrected chi connectivity index (χ1v) is 11.2. The third kappa shape index (κ3) is 6.85. The van der Waals surface area contributed by atoms with E-state index in [4.69, 9.17) is 10.5 Å². The fourth-order valence-corrected chi connectivity index (χ4v) is 4.76. The molecule has 7 nitrogen and oxygen atoms in total. The van der Waals surface area contributed by atoms with Crippen LogP contribution in [0.15, 0.2) is 42.5 Å². The number of hydrogen-bond acceptors (Lipinski definition) is 6. The van der Waals surface area contributed by atoms with E-state index < -0.39 is 30.2 Å². The van der Waals surface area contributed by atoms with Gasteiger partial charge in [-0.1, -0.05) is 18.2 Å². The second-order valence-electron chi connectivity index (χ2n) is 7.74. The van der Waals surface area contributed by atoms with E-state index in [1.807, 2.05) is 0 Å². The van der Waals surface area contributed by atoms with Gasteiger partial charge in [0.05, 0.1) is 18.7 Å². The minimum atomic E-state index is -1.27. The van der Waals surface area contributed by atoms with Crippen molar-refractivity contribution < 1.29 is 28.2 Å². The summed E-state index contributed by atoms with van der Waals surface area (Å²) in [4.78, 5) is 28.7. The number of nitrogen functional groups attached to an aromatic ring is 1. The lowest BCUT2D eigenvalue weighted by molar-refractivity contribution is 0.0696. The van der Waals surface area contributed by atoms with Crippen molar-refractivity contribution in [1.82, 2.24) is 4.90 Å². The lowest BCUT2D eigenvalue weighted by atomic mass is 10.0. The van der Waals surface area contributed by atoms with Crippen LogP contribution in [0.5, 0.6) is 0 Å². The fraction of sp³-hybridized carbons (Fsp3) is 0.250. The van der Waals surface area contributed by atoms with Crippen molar-refractivity contribution in [2.45, 2.75) is 20.0 Å². The van der Waals surface area contributed by atoms with Crippen LogP contribution in [-0.2, 0) is 17.8 Å². The Morgan fingerprint density at radius 2 is 1.58 bits per heavy atom. The minimum absolute atomic E-state index is 0. The number of rotatable bonds is 8. The van der Waals surface area contributed by atoms with E-state index in [1.165, 1.54) is 6.07 Å². The molecule has 1 aromatic heterocycles. The van der Waals surface area contributed by atoms with Gasteiger partial charge in [0.1, 0.15) is 16.6 Å². The zero-order valence-electron chi connectivity index (χ0n) is 19.8. The molecule has 12 heteroatoms. The number of anilines is 2. The van der Waals surface area contributed by atoms with Gasteiger partial charge in [0.2, 0.25) is 0 Å². The summed E-state index contributed by atoms with van der Waals surface area (Å²) in [6.07, 6.45) is -0.908. The lowest BCUT2D eigenvalue weighted by Gasteiger charge is -2.22. The number of ether oxygens (including phenoxy) is 1. The maximum atomic E-state index is 14.4. The van der Waals surface area contributed by atoms with Crippen LogP contribution in [0, 0.1) is 11.6 Å². The van der Waals surface area contributed by atoms with E-state index >= 15 is 0 Å². The number of halogens is 4. The number of carboxylic acids is 1. The van der Waals surface area contributed by atoms with Gasteiger partial charge >= 0.3 is 12.1 Å². The molecule has 3 rings (SSSR count). The Balaban J connectivity index is 0.00000324. The van der Waals surface area contributed by atoms with Crippen LogP contribution >= 0.6 is 36.2 Å². The quantitative estimate of drug-likeness (QED) is 0.325. The second kappa shape index (κ2) is 13.4. The molecule has 0 fully saturated rings. The smallest absolute Gasteiger partial charge is 0.415 e. The molecule has 1 heterocycles. The van der Waals surface area contributed by atoms with Gasteiger partial charge in [0.15, 0.2) is 0 Å². The van der Waals surface area contributed by atoms with Crippen molar-refractivity contribution in [1.29, 1.82) is 0 Å². The van der Waals surface area contributed by atoms with Crippen LogP contribution in [0.25, 0.3) is 10.4 Å². The number of benzene rings is 2. The number of carboxylic acid groups (broad SMARTS) is 1. The molecule has 1 amide bonds. The summed E-state index contributed by atoms with van der Waals surface area (Å²) in [7, 11) is 3.57. The van der Waals surface area contributed by atoms with E-state index in [9.17, 15) is 23.5 Å². The Hall–Kier alpha value is -2.92. The van der Waals surface area contributed by atoms with Crippen LogP contribution in [0.1, 0.15) is 28.4 Å². The van der Waals surface area contributed by atoms with E-state index in [1.54, 1.807) is 50.2 Å². The number of nitrogens with two attached hydrogens (primary N) is 1. The van der Waals surface area contributed by atoms with E-state index in [0.717, 1.165) is 28.4 Å². The highest BCUT2D eigenvalue weighted by Crippen LogP contribution is 2.44. The van der Waals surface area contributed by atoms with Crippen molar-refractivity contribution in [3.8, 4) is 10.4 Å². The first-order valence-electron chi connectivity index (χ1n) is 10.4. The molecule has 0 saturated carbocycles. The summed E-state index contributed by atoms with van der Waals surface area (Å²) in [6, 6.07) is 10.2. The van der Waals surface area contributed by atoms with Crippen molar-refractivity contribution in [3.63, 3.8) is 0 Å². The van der Waals surface area contributed by atoms with Crippen LogP contribution in [-0.4, -0.2) is 42.8 Å². The SMILES string of the molecule is CCOC(=O)N(Cc1c(F)cccc1F)c1sc(-c2ccc(N)cc2)c(CN(C)C)c1C(=O)O.Cl.Cl. The summed E-state index contributed by atoms with van der Waals surface area (Å²) in [5.74, 6) is -2.97. The largest absolute Gasteiger partial charge is 0.478 e. The van der Waals surface area contributed by atoms with Gasteiger partial charge in [-0.05, 0) is 50.8 Å². The number of carbonyl (C=O) groups excluding carboxylic acids is 1. The minimum Gasteiger partial charge on any atom is -0.478 e. The van der Waals surface area contributed by atoms with Gasteiger partial charge in [-0.25, -0.2) is 18.4 Å². The number of amides is 1. The summed E-state index contributed by atoms with van der Waals surface area (Å²) >= 11 is 1.04. The fourth-order valence-electron chi connectivity index (χ4n) is 3.46. The zero-order valence-corrected chi connectivity index (χ0v) is 22.2. The Morgan fingerprint density at radius 3 is 2.08 bits per heavy atom. The number of carbonyl (C=O) groups is 2. The van der Waals surface area contributed by atoms with Gasteiger partial charge in [0, 0.05) is 28.2 Å². The normalized spacial score (nSPS) is 10.4. The highest BCUT2D eigenvalue weighted by Gasteiger charge is 2.32. The third-order valence-electron chi connectivity index (χ3n) is 4.96. The molecular formula is C24H27Cl2F2N3O4S. The summed E-state index contributed by atoms with van der Waals surface area (Å²) < 4.78 is 34.0. The zero-order chi connectivity index (χ0) is 25.0. The molecule has 0 bridgehead atoms. The molecular weight excluding hydrogens is 535 g/mol. The molecule has 0 saturated heterocycles. The molecule has 36 heavy (non-hydrogen) atoms. The monoisotopic (exact) mass is 561 g/mol. The predicted octanol–water partition coefficient (Wildman–Crippen LogP) is 6.04. The highest BCUT2D eigenvalue weighted by molar-refractivity contribution is 7.20. The van der Waals surface area contributed by atoms with Crippen LogP contribution in [0.2, 0.25) is 0 Å². The standard InChI is InChI=1S/C24H25F2N3O4S.2ClH/c1-4-33-24(32)29(13-16-18(25)6-5-7-19(16)26)22-20(23(30)31)17(12-28(2)3)21(34-22)14-8-10-15(27)11-9-14;;/h5-11H,4,12-13,27H2,1-3H3,(H,30,31);2*1H. The Labute approximate surface area is 224 Å². The Bertz CT molecular complexity index is 1190. The Kier molecular flexibility index (Phi) is 11.6. The van der Waals surface area contributed by atoms with Gasteiger partial charge in [-0.2, -0.15) is 0 Å².